The summed E-state index contributed by atoms with van der Waals surface area (Å²) < 4.78 is 10.9. The van der Waals surface area contributed by atoms with Crippen LogP contribution < -0.4 is 20.5 Å². The Bertz CT molecular complexity index is 447. The first-order valence-corrected chi connectivity index (χ1v) is 6.95. The number of nitrogens with one attached hydrogen (secondary N) is 1. The van der Waals surface area contributed by atoms with Crippen LogP contribution in [-0.4, -0.2) is 25.2 Å². The molecule has 0 bridgehead atoms. The molecule has 1 amide bonds. The summed E-state index contributed by atoms with van der Waals surface area (Å²) in [5.74, 6) is 1.14. The highest BCUT2D eigenvalue weighted by molar-refractivity contribution is 5.96. The Hall–Kier alpha value is -1.75. The molecule has 0 spiro atoms. The SMILES string of the molecule is CCOc1ccc(OCC)c(NC(=O)[C@@H](N)C(C)C)c1. The van der Waals surface area contributed by atoms with E-state index in [1.54, 1.807) is 12.1 Å². The minimum Gasteiger partial charge on any atom is -0.494 e. The van der Waals surface area contributed by atoms with E-state index >= 15 is 0 Å². The lowest BCUT2D eigenvalue weighted by Crippen LogP contribution is -2.39. The fourth-order valence-corrected chi connectivity index (χ4v) is 1.66. The van der Waals surface area contributed by atoms with Gasteiger partial charge in [0.1, 0.15) is 11.5 Å². The predicted molar refractivity (Wildman–Crippen MR) is 80.2 cm³/mol. The molecule has 0 heterocycles. The summed E-state index contributed by atoms with van der Waals surface area (Å²) in [5.41, 5.74) is 6.43. The van der Waals surface area contributed by atoms with Crippen molar-refractivity contribution in [2.24, 2.45) is 11.7 Å². The van der Waals surface area contributed by atoms with Crippen molar-refractivity contribution in [3.63, 3.8) is 0 Å². The molecule has 0 aliphatic carbocycles. The molecule has 5 heteroatoms. The van der Waals surface area contributed by atoms with Crippen molar-refractivity contribution >= 4 is 11.6 Å². The lowest BCUT2D eigenvalue weighted by atomic mass is 10.0. The van der Waals surface area contributed by atoms with Crippen molar-refractivity contribution in [3.8, 4) is 11.5 Å². The van der Waals surface area contributed by atoms with Crippen LogP contribution in [0.4, 0.5) is 5.69 Å². The third-order valence-electron chi connectivity index (χ3n) is 2.84. The van der Waals surface area contributed by atoms with E-state index in [0.29, 0.717) is 30.4 Å². The quantitative estimate of drug-likeness (QED) is 0.804. The van der Waals surface area contributed by atoms with Crippen LogP contribution in [0.1, 0.15) is 27.7 Å². The zero-order valence-corrected chi connectivity index (χ0v) is 12.6. The van der Waals surface area contributed by atoms with Gasteiger partial charge >= 0.3 is 0 Å². The van der Waals surface area contributed by atoms with E-state index in [1.165, 1.54) is 0 Å². The van der Waals surface area contributed by atoms with Gasteiger partial charge in [-0.25, -0.2) is 0 Å². The summed E-state index contributed by atoms with van der Waals surface area (Å²) in [6.07, 6.45) is 0. The average molecular weight is 280 g/mol. The average Bonchev–Trinajstić information content (AvgIpc) is 2.41. The minimum atomic E-state index is -0.555. The number of nitrogens with two attached hydrogens (primary N) is 1. The number of hydrogen-bond donors (Lipinski definition) is 2. The Morgan fingerprint density at radius 1 is 1.25 bits per heavy atom. The number of amides is 1. The highest BCUT2D eigenvalue weighted by Crippen LogP contribution is 2.29. The summed E-state index contributed by atoms with van der Waals surface area (Å²) in [7, 11) is 0. The van der Waals surface area contributed by atoms with Gasteiger partial charge in [0.15, 0.2) is 0 Å². The monoisotopic (exact) mass is 280 g/mol. The Balaban J connectivity index is 2.94. The largest absolute Gasteiger partial charge is 0.494 e. The zero-order valence-electron chi connectivity index (χ0n) is 12.6. The second-order valence-corrected chi connectivity index (χ2v) is 4.78. The number of ether oxygens (including phenoxy) is 2. The van der Waals surface area contributed by atoms with Crippen molar-refractivity contribution < 1.29 is 14.3 Å². The van der Waals surface area contributed by atoms with Crippen molar-refractivity contribution in [2.45, 2.75) is 33.7 Å². The molecule has 112 valence electrons. The number of anilines is 1. The molecule has 0 saturated carbocycles. The van der Waals surface area contributed by atoms with E-state index in [9.17, 15) is 4.79 Å². The maximum atomic E-state index is 12.0. The van der Waals surface area contributed by atoms with Gasteiger partial charge in [-0.15, -0.1) is 0 Å². The molecule has 20 heavy (non-hydrogen) atoms. The summed E-state index contributed by atoms with van der Waals surface area (Å²) in [6, 6.07) is 4.79. The van der Waals surface area contributed by atoms with Crippen LogP contribution in [0.15, 0.2) is 18.2 Å². The lowest BCUT2D eigenvalue weighted by molar-refractivity contribution is -0.118. The second-order valence-electron chi connectivity index (χ2n) is 4.78. The smallest absolute Gasteiger partial charge is 0.241 e. The van der Waals surface area contributed by atoms with Gasteiger partial charge in [0, 0.05) is 6.07 Å². The maximum absolute atomic E-state index is 12.0. The molecule has 1 atom stereocenters. The standard InChI is InChI=1S/C15H24N2O3/c1-5-19-11-7-8-13(20-6-2)12(9-11)17-15(18)14(16)10(3)4/h7-10,14H,5-6,16H2,1-4H3,(H,17,18)/t14-/m0/s1. The Labute approximate surface area is 120 Å². The first-order chi connectivity index (χ1) is 9.49. The summed E-state index contributed by atoms with van der Waals surface area (Å²) in [6.45, 7) is 8.69. The van der Waals surface area contributed by atoms with Crippen LogP contribution in [-0.2, 0) is 4.79 Å². The highest BCUT2D eigenvalue weighted by Gasteiger charge is 2.19. The van der Waals surface area contributed by atoms with Crippen molar-refractivity contribution in [1.29, 1.82) is 0 Å². The predicted octanol–water partition coefficient (Wildman–Crippen LogP) is 2.41. The Morgan fingerprint density at radius 2 is 1.90 bits per heavy atom. The highest BCUT2D eigenvalue weighted by atomic mass is 16.5. The topological polar surface area (TPSA) is 73.6 Å². The number of rotatable bonds is 7. The van der Waals surface area contributed by atoms with E-state index in [4.69, 9.17) is 15.2 Å². The molecule has 0 aliphatic heterocycles. The van der Waals surface area contributed by atoms with E-state index in [1.807, 2.05) is 33.8 Å². The van der Waals surface area contributed by atoms with Crippen LogP contribution in [0.5, 0.6) is 11.5 Å². The fraction of sp³-hybridized carbons (Fsp3) is 0.533. The van der Waals surface area contributed by atoms with Gasteiger partial charge in [0.25, 0.3) is 0 Å². The van der Waals surface area contributed by atoms with Crippen LogP contribution in [0.25, 0.3) is 0 Å². The first-order valence-electron chi connectivity index (χ1n) is 6.95. The number of benzene rings is 1. The molecule has 1 aromatic carbocycles. The van der Waals surface area contributed by atoms with Gasteiger partial charge in [0.2, 0.25) is 5.91 Å². The second kappa shape index (κ2) is 7.75. The number of hydrogen-bond acceptors (Lipinski definition) is 4. The van der Waals surface area contributed by atoms with Crippen molar-refractivity contribution in [3.05, 3.63) is 18.2 Å². The molecule has 0 aromatic heterocycles. The van der Waals surface area contributed by atoms with Crippen LogP contribution in [0.3, 0.4) is 0 Å². The number of carbonyl (C=O) groups is 1. The van der Waals surface area contributed by atoms with Crippen LogP contribution in [0, 0.1) is 5.92 Å². The Morgan fingerprint density at radius 3 is 2.45 bits per heavy atom. The summed E-state index contributed by atoms with van der Waals surface area (Å²) >= 11 is 0. The molecule has 0 aliphatic rings. The zero-order chi connectivity index (χ0) is 15.1. The van der Waals surface area contributed by atoms with Crippen molar-refractivity contribution in [2.75, 3.05) is 18.5 Å². The van der Waals surface area contributed by atoms with E-state index in [2.05, 4.69) is 5.32 Å². The summed E-state index contributed by atoms with van der Waals surface area (Å²) in [5, 5.41) is 2.81. The third-order valence-corrected chi connectivity index (χ3v) is 2.84. The van der Waals surface area contributed by atoms with E-state index in [-0.39, 0.29) is 11.8 Å². The van der Waals surface area contributed by atoms with Gasteiger partial charge in [-0.3, -0.25) is 4.79 Å². The molecule has 1 rings (SSSR count). The molecular formula is C15H24N2O3. The summed E-state index contributed by atoms with van der Waals surface area (Å²) in [4.78, 5) is 12.0. The van der Waals surface area contributed by atoms with Crippen LogP contribution in [0.2, 0.25) is 0 Å². The molecule has 1 aromatic rings. The Kier molecular flexibility index (Phi) is 6.31. The molecule has 0 saturated heterocycles. The molecule has 0 fully saturated rings. The van der Waals surface area contributed by atoms with Gasteiger partial charge < -0.3 is 20.5 Å². The van der Waals surface area contributed by atoms with Gasteiger partial charge in [-0.1, -0.05) is 13.8 Å². The van der Waals surface area contributed by atoms with Crippen molar-refractivity contribution in [1.82, 2.24) is 0 Å². The number of carbonyl (C=O) groups excluding carboxylic acids is 1. The third kappa shape index (κ3) is 4.42. The van der Waals surface area contributed by atoms with Crippen LogP contribution >= 0.6 is 0 Å². The molecule has 0 radical (unpaired) electrons. The lowest BCUT2D eigenvalue weighted by Gasteiger charge is -2.18. The maximum Gasteiger partial charge on any atom is 0.241 e. The fourth-order valence-electron chi connectivity index (χ4n) is 1.66. The molecule has 0 unspecified atom stereocenters. The van der Waals surface area contributed by atoms with Gasteiger partial charge in [-0.2, -0.15) is 0 Å². The molecule has 3 N–H and O–H groups in total. The van der Waals surface area contributed by atoms with E-state index < -0.39 is 6.04 Å². The normalized spacial score (nSPS) is 12.1. The minimum absolute atomic E-state index is 0.0700. The molecule has 5 nitrogen and oxygen atoms in total. The van der Waals surface area contributed by atoms with E-state index in [0.717, 1.165) is 0 Å². The molecular weight excluding hydrogens is 256 g/mol. The van der Waals surface area contributed by atoms with Gasteiger partial charge in [-0.05, 0) is 31.9 Å². The first kappa shape index (κ1) is 16.3. The van der Waals surface area contributed by atoms with Gasteiger partial charge in [0.05, 0.1) is 24.9 Å².